The second-order valence-electron chi connectivity index (χ2n) is 5.91. The van der Waals surface area contributed by atoms with Gasteiger partial charge in [0.2, 0.25) is 0 Å². The minimum Gasteiger partial charge on any atom is -0.316 e. The van der Waals surface area contributed by atoms with Crippen molar-refractivity contribution in [3.05, 3.63) is 42.1 Å². The van der Waals surface area contributed by atoms with Crippen LogP contribution in [0, 0.1) is 0 Å². The van der Waals surface area contributed by atoms with Crippen LogP contribution in [0.25, 0.3) is 11.3 Å². The zero-order valence-electron chi connectivity index (χ0n) is 13.3. The average Bonchev–Trinajstić information content (AvgIpc) is 2.89. The lowest BCUT2D eigenvalue weighted by atomic mass is 10.0. The van der Waals surface area contributed by atoms with E-state index in [0.717, 1.165) is 18.8 Å². The summed E-state index contributed by atoms with van der Waals surface area (Å²) in [5.74, 6) is 0. The summed E-state index contributed by atoms with van der Waals surface area (Å²) >= 11 is 0. The molecule has 5 heteroatoms. The Morgan fingerprint density at radius 1 is 1.27 bits per heavy atom. The van der Waals surface area contributed by atoms with Gasteiger partial charge in [-0.05, 0) is 26.4 Å². The Morgan fingerprint density at radius 2 is 2.05 bits per heavy atom. The van der Waals surface area contributed by atoms with Crippen molar-refractivity contribution in [1.82, 2.24) is 20.0 Å². The minimum atomic E-state index is 0. The molecule has 2 heterocycles. The van der Waals surface area contributed by atoms with Crippen molar-refractivity contribution in [2.45, 2.75) is 25.4 Å². The van der Waals surface area contributed by atoms with Crippen LogP contribution in [0.5, 0.6) is 0 Å². The number of rotatable bonds is 4. The molecular weight excluding hydrogens is 296 g/mol. The Kier molecular flexibility index (Phi) is 6.00. The molecule has 0 amide bonds. The van der Waals surface area contributed by atoms with Gasteiger partial charge in [0, 0.05) is 43.5 Å². The van der Waals surface area contributed by atoms with Gasteiger partial charge in [0.15, 0.2) is 0 Å². The molecule has 3 rings (SSSR count). The summed E-state index contributed by atoms with van der Waals surface area (Å²) in [5, 5.41) is 8.07. The Bertz CT molecular complexity index is 582. The fourth-order valence-corrected chi connectivity index (χ4v) is 3.17. The first-order chi connectivity index (χ1) is 10.3. The largest absolute Gasteiger partial charge is 0.316 e. The smallest absolute Gasteiger partial charge is 0.0968 e. The van der Waals surface area contributed by atoms with Gasteiger partial charge in [0.25, 0.3) is 0 Å². The summed E-state index contributed by atoms with van der Waals surface area (Å²) in [4.78, 5) is 2.54. The molecule has 1 unspecified atom stereocenters. The Balaban J connectivity index is 0.00000176. The highest BCUT2D eigenvalue weighted by Crippen LogP contribution is 2.24. The summed E-state index contributed by atoms with van der Waals surface area (Å²) in [5.41, 5.74) is 3.64. The minimum absolute atomic E-state index is 0. The van der Waals surface area contributed by atoms with Gasteiger partial charge in [-0.3, -0.25) is 9.58 Å². The normalized spacial score (nSPS) is 18.9. The first-order valence-corrected chi connectivity index (χ1v) is 7.74. The summed E-state index contributed by atoms with van der Waals surface area (Å²) in [6.45, 7) is 3.29. The molecule has 1 atom stereocenters. The van der Waals surface area contributed by atoms with Crippen LogP contribution in [0.1, 0.15) is 18.4 Å². The van der Waals surface area contributed by atoms with Crippen molar-refractivity contribution in [2.24, 2.45) is 7.05 Å². The first kappa shape index (κ1) is 17.0. The van der Waals surface area contributed by atoms with Crippen molar-refractivity contribution in [3.8, 4) is 11.3 Å². The van der Waals surface area contributed by atoms with Crippen LogP contribution in [0.4, 0.5) is 0 Å². The second kappa shape index (κ2) is 7.77. The van der Waals surface area contributed by atoms with Crippen LogP contribution in [0.3, 0.4) is 0 Å². The number of nitrogens with zero attached hydrogens (tertiary/aromatic N) is 3. The zero-order chi connectivity index (χ0) is 14.7. The second-order valence-corrected chi connectivity index (χ2v) is 5.91. The van der Waals surface area contributed by atoms with Crippen LogP contribution < -0.4 is 5.32 Å². The predicted molar refractivity (Wildman–Crippen MR) is 93.3 cm³/mol. The van der Waals surface area contributed by atoms with Crippen LogP contribution >= 0.6 is 12.4 Å². The molecule has 1 N–H and O–H groups in total. The highest BCUT2D eigenvalue weighted by atomic mass is 35.5. The lowest BCUT2D eigenvalue weighted by molar-refractivity contribution is 0.188. The van der Waals surface area contributed by atoms with Crippen molar-refractivity contribution in [1.29, 1.82) is 0 Å². The molecule has 1 aliphatic heterocycles. The van der Waals surface area contributed by atoms with E-state index in [0.29, 0.717) is 6.04 Å². The lowest BCUT2D eigenvalue weighted by Gasteiger charge is -2.32. The molecule has 22 heavy (non-hydrogen) atoms. The van der Waals surface area contributed by atoms with Crippen LogP contribution in [-0.2, 0) is 13.6 Å². The molecule has 1 aliphatic rings. The maximum absolute atomic E-state index is 4.66. The molecule has 0 aliphatic carbocycles. The van der Waals surface area contributed by atoms with Gasteiger partial charge in [-0.2, -0.15) is 5.10 Å². The summed E-state index contributed by atoms with van der Waals surface area (Å²) in [7, 11) is 4.07. The average molecular weight is 321 g/mol. The van der Waals surface area contributed by atoms with E-state index in [2.05, 4.69) is 52.8 Å². The molecule has 0 spiro atoms. The number of benzene rings is 1. The van der Waals surface area contributed by atoms with Crippen molar-refractivity contribution in [2.75, 3.05) is 20.1 Å². The molecule has 0 radical (unpaired) electrons. The number of aryl methyl sites for hydroxylation is 1. The number of halogens is 1. The number of likely N-dealkylation sites (tertiary alicyclic amines) is 1. The first-order valence-electron chi connectivity index (χ1n) is 7.74. The van der Waals surface area contributed by atoms with Gasteiger partial charge < -0.3 is 5.32 Å². The SMILES string of the molecule is CNC1CCCN(Cc2cn(C)nc2-c2ccccc2)C1.Cl. The van der Waals surface area contributed by atoms with E-state index >= 15 is 0 Å². The quantitative estimate of drug-likeness (QED) is 0.940. The fraction of sp³-hybridized carbons (Fsp3) is 0.471. The molecule has 0 saturated carbocycles. The van der Waals surface area contributed by atoms with Gasteiger partial charge in [-0.15, -0.1) is 12.4 Å². The molecule has 1 aromatic heterocycles. The monoisotopic (exact) mass is 320 g/mol. The number of hydrogen-bond acceptors (Lipinski definition) is 3. The number of nitrogens with one attached hydrogen (secondary N) is 1. The van der Waals surface area contributed by atoms with Crippen LogP contribution in [0.15, 0.2) is 36.5 Å². The van der Waals surface area contributed by atoms with Gasteiger partial charge >= 0.3 is 0 Å². The number of aromatic nitrogens is 2. The van der Waals surface area contributed by atoms with Gasteiger partial charge in [0.05, 0.1) is 5.69 Å². The number of hydrogen-bond donors (Lipinski definition) is 1. The van der Waals surface area contributed by atoms with E-state index in [1.807, 2.05) is 17.8 Å². The molecule has 1 aromatic carbocycles. The highest BCUT2D eigenvalue weighted by Gasteiger charge is 2.20. The molecule has 120 valence electrons. The number of piperidine rings is 1. The van der Waals surface area contributed by atoms with Crippen molar-refractivity contribution < 1.29 is 0 Å². The van der Waals surface area contributed by atoms with Gasteiger partial charge in [-0.25, -0.2) is 0 Å². The predicted octanol–water partition coefficient (Wildman–Crippen LogP) is 2.69. The van der Waals surface area contributed by atoms with E-state index < -0.39 is 0 Å². The topological polar surface area (TPSA) is 33.1 Å². The van der Waals surface area contributed by atoms with E-state index in [1.165, 1.54) is 30.5 Å². The van der Waals surface area contributed by atoms with Crippen LogP contribution in [-0.4, -0.2) is 40.9 Å². The third-order valence-corrected chi connectivity index (χ3v) is 4.26. The maximum atomic E-state index is 4.66. The standard InChI is InChI=1S/C17H24N4.ClH/c1-18-16-9-6-10-21(13-16)12-15-11-20(2)19-17(15)14-7-4-3-5-8-14;/h3-5,7-8,11,16,18H,6,9-10,12-13H2,1-2H3;1H. The molecule has 1 saturated heterocycles. The molecule has 4 nitrogen and oxygen atoms in total. The summed E-state index contributed by atoms with van der Waals surface area (Å²) < 4.78 is 1.93. The summed E-state index contributed by atoms with van der Waals surface area (Å²) in [6, 6.07) is 11.1. The van der Waals surface area contributed by atoms with E-state index in [9.17, 15) is 0 Å². The zero-order valence-corrected chi connectivity index (χ0v) is 14.1. The maximum Gasteiger partial charge on any atom is 0.0968 e. The number of likely N-dealkylation sites (N-methyl/N-ethyl adjacent to an activating group) is 1. The molecular formula is C17H25ClN4. The molecule has 2 aromatic rings. The third kappa shape index (κ3) is 3.88. The summed E-state index contributed by atoms with van der Waals surface area (Å²) in [6.07, 6.45) is 4.71. The Labute approximate surface area is 138 Å². The van der Waals surface area contributed by atoms with Crippen molar-refractivity contribution in [3.63, 3.8) is 0 Å². The van der Waals surface area contributed by atoms with Gasteiger partial charge in [-0.1, -0.05) is 30.3 Å². The van der Waals surface area contributed by atoms with E-state index in [-0.39, 0.29) is 12.4 Å². The highest BCUT2D eigenvalue weighted by molar-refractivity contribution is 5.85. The third-order valence-electron chi connectivity index (χ3n) is 4.26. The Morgan fingerprint density at radius 3 is 2.77 bits per heavy atom. The lowest BCUT2D eigenvalue weighted by Crippen LogP contribution is -2.43. The fourth-order valence-electron chi connectivity index (χ4n) is 3.17. The van der Waals surface area contributed by atoms with E-state index in [4.69, 9.17) is 0 Å². The molecule has 0 bridgehead atoms. The van der Waals surface area contributed by atoms with Crippen molar-refractivity contribution >= 4 is 12.4 Å². The molecule has 1 fully saturated rings. The van der Waals surface area contributed by atoms with E-state index in [1.54, 1.807) is 0 Å². The Hall–Kier alpha value is -1.36. The van der Waals surface area contributed by atoms with Gasteiger partial charge in [0.1, 0.15) is 0 Å². The van der Waals surface area contributed by atoms with Crippen LogP contribution in [0.2, 0.25) is 0 Å².